The molecule has 1 aliphatic rings. The van der Waals surface area contributed by atoms with Crippen LogP contribution in [0.5, 0.6) is 0 Å². The van der Waals surface area contributed by atoms with Crippen LogP contribution in [0.1, 0.15) is 44.6 Å². The lowest BCUT2D eigenvalue weighted by Crippen LogP contribution is -2.17. The molecule has 5 heteroatoms. The normalized spacial score (nSPS) is 24.9. The van der Waals surface area contributed by atoms with Gasteiger partial charge in [-0.05, 0) is 30.5 Å². The largest absolute Gasteiger partial charge is 0.459 e. The third-order valence-electron chi connectivity index (χ3n) is 3.50. The molecule has 0 saturated carbocycles. The van der Waals surface area contributed by atoms with E-state index in [9.17, 15) is 17.1 Å². The molecule has 0 saturated heterocycles. The summed E-state index contributed by atoms with van der Waals surface area (Å²) in [6, 6.07) is 5.94. The van der Waals surface area contributed by atoms with Crippen LogP contribution in [0.2, 0.25) is 0 Å². The van der Waals surface area contributed by atoms with Gasteiger partial charge in [0.15, 0.2) is 0 Å². The van der Waals surface area contributed by atoms with Crippen LogP contribution >= 0.6 is 10.4 Å². The Morgan fingerprint density at radius 2 is 1.75 bits per heavy atom. The van der Waals surface area contributed by atoms with Crippen molar-refractivity contribution in [1.82, 2.24) is 0 Å². The molecule has 2 rings (SSSR count). The average molecular weight is 306 g/mol. The fourth-order valence-electron chi connectivity index (χ4n) is 2.46. The lowest BCUT2D eigenvalue weighted by molar-refractivity contribution is -0.0413. The molecule has 0 N–H and O–H groups in total. The zero-order chi connectivity index (χ0) is 14.8. The third kappa shape index (κ3) is 2.60. The van der Waals surface area contributed by atoms with Gasteiger partial charge in [-0.2, -0.15) is 17.1 Å². The Bertz CT molecular complexity index is 507. The second-order valence-corrected chi connectivity index (χ2v) is 7.44. The summed E-state index contributed by atoms with van der Waals surface area (Å²) >= 11 is 0. The predicted octanol–water partition coefficient (Wildman–Crippen LogP) is 6.58. The zero-order valence-electron chi connectivity index (χ0n) is 11.3. The van der Waals surface area contributed by atoms with Gasteiger partial charge in [-0.1, -0.05) is 44.4 Å². The number of hydrogen-bond acceptors (Lipinski definition) is 0. The zero-order valence-corrected chi connectivity index (χ0v) is 12.2. The van der Waals surface area contributed by atoms with Gasteiger partial charge < -0.3 is 0 Å². The van der Waals surface area contributed by atoms with Crippen molar-refractivity contribution in [3.05, 3.63) is 34.7 Å². The molecule has 0 nitrogen and oxygen atoms in total. The minimum absolute atomic E-state index is 0.0673. The van der Waals surface area contributed by atoms with Gasteiger partial charge in [0.1, 0.15) is 0 Å². The van der Waals surface area contributed by atoms with Crippen LogP contribution in [-0.2, 0) is 0 Å². The Hall–Kier alpha value is -0.970. The number of fused-ring (bicyclic) bond motifs is 1. The first-order valence-corrected chi connectivity index (χ1v) is 8.33. The lowest BCUT2D eigenvalue weighted by Gasteiger charge is -2.32. The van der Waals surface area contributed by atoms with Crippen LogP contribution in [-0.4, -0.2) is 5.51 Å². The topological polar surface area (TPSA) is 0 Å². The third-order valence-corrected chi connectivity index (χ3v) is 6.16. The molecule has 0 bridgehead atoms. The Kier molecular flexibility index (Phi) is 4.47. The molecule has 1 heterocycles. The van der Waals surface area contributed by atoms with E-state index in [4.69, 9.17) is 0 Å². The quantitative estimate of drug-likeness (QED) is 0.426. The van der Waals surface area contributed by atoms with E-state index in [1.54, 1.807) is 12.1 Å². The van der Waals surface area contributed by atoms with Crippen LogP contribution in [0.3, 0.4) is 0 Å². The molecule has 1 unspecified atom stereocenters. The summed E-state index contributed by atoms with van der Waals surface area (Å²) in [5.41, 5.74) is -4.44. The first-order chi connectivity index (χ1) is 9.41. The first kappa shape index (κ1) is 15.4. The van der Waals surface area contributed by atoms with Crippen molar-refractivity contribution in [2.24, 2.45) is 0 Å². The SMILES string of the molecule is CCCCCCC1=Cc2ccccc2S1(F)C(F)(F)F. The molecule has 1 aromatic carbocycles. The van der Waals surface area contributed by atoms with Crippen LogP contribution in [0.4, 0.5) is 17.1 Å². The van der Waals surface area contributed by atoms with Gasteiger partial charge in [0, 0.05) is 9.80 Å². The number of alkyl halides is 3. The summed E-state index contributed by atoms with van der Waals surface area (Å²) in [6.45, 7) is 2.03. The number of halogens is 4. The molecular weight excluding hydrogens is 288 g/mol. The van der Waals surface area contributed by atoms with Crippen molar-refractivity contribution >= 4 is 16.5 Å². The van der Waals surface area contributed by atoms with Crippen molar-refractivity contribution in [1.29, 1.82) is 0 Å². The van der Waals surface area contributed by atoms with Crippen molar-refractivity contribution in [2.45, 2.75) is 49.4 Å². The summed E-state index contributed by atoms with van der Waals surface area (Å²) in [7, 11) is -4.35. The Labute approximate surface area is 118 Å². The molecule has 0 radical (unpaired) electrons. The maximum absolute atomic E-state index is 14.9. The van der Waals surface area contributed by atoms with Crippen LogP contribution in [0, 0.1) is 0 Å². The van der Waals surface area contributed by atoms with Gasteiger partial charge in [-0.25, -0.2) is 0 Å². The van der Waals surface area contributed by atoms with Gasteiger partial charge >= 0.3 is 5.51 Å². The molecular formula is C15H18F4S. The van der Waals surface area contributed by atoms with E-state index < -0.39 is 15.9 Å². The fourth-order valence-corrected chi connectivity index (χ4v) is 4.73. The standard InChI is InChI=1S/C15H18F4S/c1-2-3-4-5-9-13-11-12-8-6-7-10-14(12)20(13,19)15(16,17)18/h6-8,10-11H,2-5,9H2,1H3. The van der Waals surface area contributed by atoms with Gasteiger partial charge in [0.25, 0.3) is 0 Å². The lowest BCUT2D eigenvalue weighted by atomic mass is 10.1. The smallest absolute Gasteiger partial charge is 0.172 e. The van der Waals surface area contributed by atoms with Gasteiger partial charge in [-0.3, -0.25) is 0 Å². The highest BCUT2D eigenvalue weighted by Crippen LogP contribution is 2.78. The molecule has 1 aromatic rings. The van der Waals surface area contributed by atoms with E-state index in [1.807, 2.05) is 6.92 Å². The maximum Gasteiger partial charge on any atom is 0.459 e. The van der Waals surface area contributed by atoms with E-state index in [1.165, 1.54) is 18.2 Å². The monoisotopic (exact) mass is 306 g/mol. The van der Waals surface area contributed by atoms with Crippen LogP contribution in [0.25, 0.3) is 6.08 Å². The predicted molar refractivity (Wildman–Crippen MR) is 76.2 cm³/mol. The van der Waals surface area contributed by atoms with Gasteiger partial charge in [-0.15, -0.1) is 0 Å². The van der Waals surface area contributed by atoms with E-state index >= 15 is 0 Å². The number of hydrogen-bond donors (Lipinski definition) is 0. The molecule has 0 aromatic heterocycles. The van der Waals surface area contributed by atoms with Crippen LogP contribution < -0.4 is 0 Å². The van der Waals surface area contributed by atoms with Crippen LogP contribution in [0.15, 0.2) is 34.1 Å². The molecule has 0 aliphatic carbocycles. The number of rotatable bonds is 5. The maximum atomic E-state index is 14.9. The van der Waals surface area contributed by atoms with E-state index in [-0.39, 0.29) is 16.2 Å². The summed E-state index contributed by atoms with van der Waals surface area (Å²) in [5, 5.41) is 0. The number of unbranched alkanes of at least 4 members (excludes halogenated alkanes) is 3. The molecule has 0 fully saturated rings. The first-order valence-electron chi connectivity index (χ1n) is 6.80. The molecule has 1 aliphatic heterocycles. The second-order valence-electron chi connectivity index (χ2n) is 4.94. The van der Waals surface area contributed by atoms with E-state index in [0.29, 0.717) is 12.0 Å². The summed E-state index contributed by atoms with van der Waals surface area (Å²) in [5.74, 6) is 0. The van der Waals surface area contributed by atoms with Crippen molar-refractivity contribution in [3.63, 3.8) is 0 Å². The Morgan fingerprint density at radius 3 is 2.40 bits per heavy atom. The van der Waals surface area contributed by atoms with Crippen molar-refractivity contribution < 1.29 is 17.1 Å². The fraction of sp³-hybridized carbons (Fsp3) is 0.467. The molecule has 0 spiro atoms. The Balaban J connectivity index is 2.27. The van der Waals surface area contributed by atoms with Crippen molar-refractivity contribution in [2.75, 3.05) is 0 Å². The summed E-state index contributed by atoms with van der Waals surface area (Å²) in [6.07, 6.45) is 5.04. The highest BCUT2D eigenvalue weighted by atomic mass is 32.3. The minimum atomic E-state index is -4.82. The van der Waals surface area contributed by atoms with Crippen molar-refractivity contribution in [3.8, 4) is 0 Å². The second kappa shape index (κ2) is 5.80. The van der Waals surface area contributed by atoms with Gasteiger partial charge in [0.2, 0.25) is 0 Å². The summed E-state index contributed by atoms with van der Waals surface area (Å²) < 4.78 is 54.7. The highest BCUT2D eigenvalue weighted by molar-refractivity contribution is 8.33. The summed E-state index contributed by atoms with van der Waals surface area (Å²) in [4.78, 5) is -0.250. The van der Waals surface area contributed by atoms with E-state index in [0.717, 1.165) is 19.3 Å². The molecule has 112 valence electrons. The number of allylic oxidation sites excluding steroid dienone is 1. The molecule has 0 amide bonds. The average Bonchev–Trinajstić information content (AvgIpc) is 2.69. The highest BCUT2D eigenvalue weighted by Gasteiger charge is 2.57. The molecule has 1 atom stereocenters. The van der Waals surface area contributed by atoms with Gasteiger partial charge in [0.05, 0.1) is 10.4 Å². The molecule has 20 heavy (non-hydrogen) atoms. The van der Waals surface area contributed by atoms with E-state index in [2.05, 4.69) is 0 Å². The number of benzene rings is 1. The minimum Gasteiger partial charge on any atom is -0.172 e. The Morgan fingerprint density at radius 1 is 1.05 bits per heavy atom.